The Morgan fingerprint density at radius 1 is 0.793 bits per heavy atom. The molecule has 0 saturated carbocycles. The Kier molecular flexibility index (Phi) is 5.17. The zero-order valence-corrected chi connectivity index (χ0v) is 16.9. The monoisotopic (exact) mass is 436 g/mol. The minimum absolute atomic E-state index is 0.0603. The van der Waals surface area contributed by atoms with Gasteiger partial charge in [-0.1, -0.05) is 30.3 Å². The Bertz CT molecular complexity index is 1380. The molecule has 0 atom stereocenters. The molecule has 152 valence electrons. The summed E-state index contributed by atoms with van der Waals surface area (Å²) in [5, 5.41) is 17.6. The second-order valence-electron chi connectivity index (χ2n) is 6.29. The summed E-state index contributed by atoms with van der Waals surface area (Å²) in [5.41, 5.74) is 4.49. The fourth-order valence-corrected chi connectivity index (χ4v) is 4.32. The van der Waals surface area contributed by atoms with Gasteiger partial charge in [0.2, 0.25) is 0 Å². The van der Waals surface area contributed by atoms with Crippen LogP contribution in [-0.2, 0) is 20.2 Å². The Morgan fingerprint density at radius 3 is 1.93 bits per heavy atom. The molecule has 3 N–H and O–H groups in total. The third-order valence-electron chi connectivity index (χ3n) is 4.36. The molecular weight excluding hydrogens is 420 g/mol. The van der Waals surface area contributed by atoms with E-state index < -0.39 is 35.8 Å². The minimum atomic E-state index is -4.83. The normalized spacial score (nSPS) is 12.7. The van der Waals surface area contributed by atoms with Crippen molar-refractivity contribution in [1.82, 2.24) is 0 Å². The zero-order valence-electron chi connectivity index (χ0n) is 15.2. The molecule has 2 bridgehead atoms. The molecule has 0 amide bonds. The van der Waals surface area contributed by atoms with Crippen LogP contribution in [0.15, 0.2) is 62.5 Å². The SMILES string of the molecule is Cc1ccc2c(C)c1N=N2.O=S(=O)(O)c1cc(S(=O)(=O)O)c2ccccc2c1O. The van der Waals surface area contributed by atoms with Crippen molar-refractivity contribution < 1.29 is 31.0 Å². The summed E-state index contributed by atoms with van der Waals surface area (Å²) >= 11 is 0. The fraction of sp³-hybridized carbons (Fsp3) is 0.111. The van der Waals surface area contributed by atoms with Crippen molar-refractivity contribution in [3.63, 3.8) is 0 Å². The van der Waals surface area contributed by atoms with E-state index in [1.165, 1.54) is 35.4 Å². The predicted molar refractivity (Wildman–Crippen MR) is 105 cm³/mol. The van der Waals surface area contributed by atoms with Crippen LogP contribution in [0.1, 0.15) is 11.1 Å². The number of hydrogen-bond acceptors (Lipinski definition) is 7. The van der Waals surface area contributed by atoms with Gasteiger partial charge < -0.3 is 5.11 Å². The molecule has 0 aliphatic carbocycles. The molecule has 11 heteroatoms. The van der Waals surface area contributed by atoms with E-state index in [0.717, 1.165) is 11.4 Å². The first-order valence-electron chi connectivity index (χ1n) is 8.13. The molecule has 1 aliphatic rings. The third-order valence-corrected chi connectivity index (χ3v) is 6.12. The van der Waals surface area contributed by atoms with Crippen LogP contribution in [0.4, 0.5) is 11.4 Å². The summed E-state index contributed by atoms with van der Waals surface area (Å²) in [4.78, 5) is -1.70. The number of phenolic OH excluding ortho intramolecular Hbond substituents is 1. The molecule has 0 unspecified atom stereocenters. The largest absolute Gasteiger partial charge is 0.506 e. The molecule has 0 fully saturated rings. The molecule has 0 saturated heterocycles. The van der Waals surface area contributed by atoms with Gasteiger partial charge in [-0.15, -0.1) is 5.11 Å². The first-order valence-corrected chi connectivity index (χ1v) is 11.0. The van der Waals surface area contributed by atoms with E-state index >= 15 is 0 Å². The van der Waals surface area contributed by atoms with E-state index in [0.29, 0.717) is 6.07 Å². The molecule has 29 heavy (non-hydrogen) atoms. The lowest BCUT2D eigenvalue weighted by Gasteiger charge is -2.09. The van der Waals surface area contributed by atoms with Crippen LogP contribution in [0.25, 0.3) is 10.8 Å². The van der Waals surface area contributed by atoms with E-state index in [-0.39, 0.29) is 10.8 Å². The van der Waals surface area contributed by atoms with Crippen molar-refractivity contribution in [2.75, 3.05) is 0 Å². The fourth-order valence-electron chi connectivity index (χ4n) is 2.90. The molecule has 4 rings (SSSR count). The topological polar surface area (TPSA) is 154 Å². The molecule has 3 aromatic carbocycles. The van der Waals surface area contributed by atoms with Crippen molar-refractivity contribution in [3.8, 4) is 5.75 Å². The first kappa shape index (κ1) is 20.9. The lowest BCUT2D eigenvalue weighted by atomic mass is 10.1. The highest BCUT2D eigenvalue weighted by Crippen LogP contribution is 2.38. The van der Waals surface area contributed by atoms with Gasteiger partial charge in [0.05, 0.1) is 11.4 Å². The van der Waals surface area contributed by atoms with E-state index in [1.807, 2.05) is 6.07 Å². The van der Waals surface area contributed by atoms with Crippen LogP contribution in [0.5, 0.6) is 5.75 Å². The minimum Gasteiger partial charge on any atom is -0.506 e. The maximum Gasteiger partial charge on any atom is 0.298 e. The highest BCUT2D eigenvalue weighted by Gasteiger charge is 2.24. The number of nitrogens with zero attached hydrogens (tertiary/aromatic N) is 2. The quantitative estimate of drug-likeness (QED) is 0.400. The van der Waals surface area contributed by atoms with Gasteiger partial charge in [0, 0.05) is 16.3 Å². The van der Waals surface area contributed by atoms with Crippen molar-refractivity contribution in [1.29, 1.82) is 0 Å². The Balaban J connectivity index is 0.000000200. The zero-order chi connectivity index (χ0) is 21.6. The standard InChI is InChI=1S/C10H8O7S2.C8H8N2/c11-10-7-4-2-1-3-6(7)8(18(12,13)14)5-9(10)19(15,16)17;1-5-3-4-7-6(2)8(5)10-9-7/h1-5,11H,(H,12,13,14)(H,15,16,17);3-4H,1-2H3. The van der Waals surface area contributed by atoms with Gasteiger partial charge in [0.15, 0.2) is 0 Å². The predicted octanol–water partition coefficient (Wildman–Crippen LogP) is 4.07. The number of hydrogen-bond donors (Lipinski definition) is 3. The van der Waals surface area contributed by atoms with Gasteiger partial charge in [-0.25, -0.2) is 0 Å². The van der Waals surface area contributed by atoms with Gasteiger partial charge in [-0.05, 0) is 31.5 Å². The van der Waals surface area contributed by atoms with E-state index in [1.54, 1.807) is 0 Å². The Labute approximate surface area is 166 Å². The average Bonchev–Trinajstić information content (AvgIpc) is 2.87. The number of rotatable bonds is 2. The maximum absolute atomic E-state index is 11.2. The molecule has 0 spiro atoms. The molecule has 1 aliphatic heterocycles. The second kappa shape index (κ2) is 7.19. The number of aromatic hydroxyl groups is 1. The smallest absolute Gasteiger partial charge is 0.298 e. The number of azo groups is 1. The van der Waals surface area contributed by atoms with Crippen LogP contribution in [-0.4, -0.2) is 31.0 Å². The van der Waals surface area contributed by atoms with Crippen molar-refractivity contribution in [2.45, 2.75) is 23.6 Å². The van der Waals surface area contributed by atoms with Gasteiger partial charge >= 0.3 is 0 Å². The summed E-state index contributed by atoms with van der Waals surface area (Å²) in [5.74, 6) is -0.787. The van der Waals surface area contributed by atoms with Gasteiger partial charge in [-0.3, -0.25) is 9.11 Å². The molecule has 0 radical (unpaired) electrons. The van der Waals surface area contributed by atoms with Gasteiger partial charge in [0.1, 0.15) is 15.5 Å². The van der Waals surface area contributed by atoms with Gasteiger partial charge in [0.25, 0.3) is 20.2 Å². The number of phenols is 1. The van der Waals surface area contributed by atoms with Gasteiger partial charge in [-0.2, -0.15) is 21.9 Å². The highest BCUT2D eigenvalue weighted by atomic mass is 32.2. The first-order chi connectivity index (χ1) is 13.4. The van der Waals surface area contributed by atoms with Crippen LogP contribution >= 0.6 is 0 Å². The summed E-state index contributed by atoms with van der Waals surface area (Å²) < 4.78 is 62.7. The number of fused-ring (bicyclic) bond motifs is 3. The van der Waals surface area contributed by atoms with Crippen LogP contribution in [0.2, 0.25) is 0 Å². The lowest BCUT2D eigenvalue weighted by Crippen LogP contribution is -2.05. The number of benzene rings is 3. The summed E-state index contributed by atoms with van der Waals surface area (Å²) in [7, 11) is -9.55. The molecule has 0 aromatic heterocycles. The molecular formula is C18H16N2O7S2. The van der Waals surface area contributed by atoms with Crippen molar-refractivity contribution >= 4 is 42.4 Å². The van der Waals surface area contributed by atoms with Crippen LogP contribution in [0.3, 0.4) is 0 Å². The van der Waals surface area contributed by atoms with Crippen molar-refractivity contribution in [2.24, 2.45) is 10.2 Å². The van der Waals surface area contributed by atoms with E-state index in [4.69, 9.17) is 9.11 Å². The Hall–Kier alpha value is -2.86. The third kappa shape index (κ3) is 3.98. The Morgan fingerprint density at radius 2 is 1.38 bits per heavy atom. The van der Waals surface area contributed by atoms with Crippen LogP contribution in [0, 0.1) is 13.8 Å². The van der Waals surface area contributed by atoms with E-state index in [9.17, 15) is 21.9 Å². The maximum atomic E-state index is 11.2. The van der Waals surface area contributed by atoms with Crippen molar-refractivity contribution in [3.05, 3.63) is 53.6 Å². The second-order valence-corrected chi connectivity index (χ2v) is 9.07. The molecule has 3 aromatic rings. The average molecular weight is 436 g/mol. The summed E-state index contributed by atoms with van der Waals surface area (Å²) in [6.45, 7) is 4.11. The summed E-state index contributed by atoms with van der Waals surface area (Å²) in [6, 6.07) is 9.98. The van der Waals surface area contributed by atoms with E-state index in [2.05, 4.69) is 30.1 Å². The molecule has 9 nitrogen and oxygen atoms in total. The number of aryl methyl sites for hydroxylation is 1. The van der Waals surface area contributed by atoms with Crippen LogP contribution < -0.4 is 0 Å². The lowest BCUT2D eigenvalue weighted by molar-refractivity contribution is 0.447. The summed E-state index contributed by atoms with van der Waals surface area (Å²) in [6.07, 6.45) is 0. The highest BCUT2D eigenvalue weighted by molar-refractivity contribution is 7.86. The molecule has 1 heterocycles.